The monoisotopic (exact) mass is 472 g/mol. The lowest BCUT2D eigenvalue weighted by Gasteiger charge is -2.71. The zero-order chi connectivity index (χ0) is 25.1. The summed E-state index contributed by atoms with van der Waals surface area (Å²) in [6.07, 6.45) is 9.35. The van der Waals surface area contributed by atoms with E-state index in [4.69, 9.17) is 0 Å². The number of carboxylic acid groups (broad SMARTS) is 1. The highest BCUT2D eigenvalue weighted by molar-refractivity contribution is 5.77. The zero-order valence-corrected chi connectivity index (χ0v) is 22.6. The number of fused-ring (bicyclic) bond motifs is 7. The number of allylic oxidation sites excluding steroid dienone is 2. The minimum absolute atomic E-state index is 0.0218. The third-order valence-corrected chi connectivity index (χ3v) is 13.1. The Hall–Kier alpha value is -0.870. The summed E-state index contributed by atoms with van der Waals surface area (Å²) in [6.45, 7) is 16.4. The van der Waals surface area contributed by atoms with Crippen LogP contribution < -0.4 is 0 Å². The standard InChI is InChI=1S/C30H48O4/c1-25(2)14-15-30(24(33)34)19(16-25)18-8-9-21-27(5)12-11-22(31)26(3,4)20(27)10-13-28(21,6)29(18,7)17-23(30)32/h8,19-23,31-32H,9-17H2,1-7H3,(H,33,34)/t19-,20-,21+,22-,23-,27+,28-,29+,30+/m0/s1. The molecule has 34 heavy (non-hydrogen) atoms. The molecular formula is C30H48O4. The van der Waals surface area contributed by atoms with Crippen molar-refractivity contribution in [3.05, 3.63) is 11.6 Å². The fourth-order valence-corrected chi connectivity index (χ4v) is 10.7. The van der Waals surface area contributed by atoms with Gasteiger partial charge in [-0.3, -0.25) is 4.79 Å². The summed E-state index contributed by atoms with van der Waals surface area (Å²) < 4.78 is 0. The number of hydrogen-bond acceptors (Lipinski definition) is 3. The van der Waals surface area contributed by atoms with Gasteiger partial charge in [-0.1, -0.05) is 60.1 Å². The molecule has 0 aliphatic heterocycles. The Morgan fingerprint density at radius 1 is 0.853 bits per heavy atom. The average Bonchev–Trinajstić information content (AvgIpc) is 2.71. The van der Waals surface area contributed by atoms with Gasteiger partial charge in [0.2, 0.25) is 0 Å². The second-order valence-electron chi connectivity index (χ2n) is 15.2. The largest absolute Gasteiger partial charge is 0.481 e. The number of aliphatic hydroxyl groups is 2. The maximum atomic E-state index is 12.8. The molecule has 0 spiro atoms. The van der Waals surface area contributed by atoms with Crippen molar-refractivity contribution in [1.82, 2.24) is 0 Å². The molecule has 0 heterocycles. The van der Waals surface area contributed by atoms with Gasteiger partial charge in [-0.2, -0.15) is 0 Å². The fourth-order valence-electron chi connectivity index (χ4n) is 10.7. The summed E-state index contributed by atoms with van der Waals surface area (Å²) in [7, 11) is 0. The Labute approximate surface area is 206 Å². The summed E-state index contributed by atoms with van der Waals surface area (Å²) in [5, 5.41) is 33.1. The third-order valence-electron chi connectivity index (χ3n) is 13.1. The minimum Gasteiger partial charge on any atom is -0.481 e. The van der Waals surface area contributed by atoms with Crippen molar-refractivity contribution < 1.29 is 20.1 Å². The van der Waals surface area contributed by atoms with E-state index in [0.29, 0.717) is 24.7 Å². The van der Waals surface area contributed by atoms with Crippen molar-refractivity contribution in [2.75, 3.05) is 0 Å². The van der Waals surface area contributed by atoms with Gasteiger partial charge in [0.1, 0.15) is 5.41 Å². The molecule has 0 radical (unpaired) electrons. The maximum Gasteiger partial charge on any atom is 0.312 e. The van der Waals surface area contributed by atoms with Gasteiger partial charge in [-0.25, -0.2) is 0 Å². The molecule has 5 aliphatic carbocycles. The van der Waals surface area contributed by atoms with Crippen LogP contribution in [0.4, 0.5) is 0 Å². The highest BCUT2D eigenvalue weighted by Crippen LogP contribution is 2.75. The summed E-state index contributed by atoms with van der Waals surface area (Å²) in [5.74, 6) is 0.0888. The quantitative estimate of drug-likeness (QED) is 0.397. The molecule has 0 unspecified atom stereocenters. The van der Waals surface area contributed by atoms with Gasteiger partial charge in [-0.15, -0.1) is 0 Å². The van der Waals surface area contributed by atoms with E-state index in [1.165, 1.54) is 5.57 Å². The molecule has 4 nitrogen and oxygen atoms in total. The molecule has 192 valence electrons. The van der Waals surface area contributed by atoms with E-state index in [1.54, 1.807) is 0 Å². The van der Waals surface area contributed by atoms with Crippen LogP contribution >= 0.6 is 0 Å². The number of hydrogen-bond donors (Lipinski definition) is 3. The van der Waals surface area contributed by atoms with Crippen molar-refractivity contribution in [3.8, 4) is 0 Å². The van der Waals surface area contributed by atoms with E-state index in [0.717, 1.165) is 44.9 Å². The summed E-state index contributed by atoms with van der Waals surface area (Å²) in [4.78, 5) is 12.8. The van der Waals surface area contributed by atoms with Crippen LogP contribution in [0.5, 0.6) is 0 Å². The number of aliphatic carboxylic acids is 1. The van der Waals surface area contributed by atoms with Gasteiger partial charge in [0.25, 0.3) is 0 Å². The molecule has 4 saturated carbocycles. The first-order valence-corrected chi connectivity index (χ1v) is 13.9. The maximum absolute atomic E-state index is 12.8. The highest BCUT2D eigenvalue weighted by Gasteiger charge is 2.71. The molecular weight excluding hydrogens is 424 g/mol. The van der Waals surface area contributed by atoms with Gasteiger partial charge >= 0.3 is 5.97 Å². The van der Waals surface area contributed by atoms with Crippen molar-refractivity contribution in [2.45, 2.75) is 118 Å². The Kier molecular flexibility index (Phi) is 5.20. The van der Waals surface area contributed by atoms with Crippen LogP contribution in [-0.2, 0) is 4.79 Å². The van der Waals surface area contributed by atoms with E-state index in [9.17, 15) is 20.1 Å². The molecule has 5 rings (SSSR count). The van der Waals surface area contributed by atoms with Gasteiger partial charge < -0.3 is 15.3 Å². The van der Waals surface area contributed by atoms with E-state index in [2.05, 4.69) is 54.5 Å². The second kappa shape index (κ2) is 7.12. The molecule has 5 aliphatic rings. The van der Waals surface area contributed by atoms with Crippen molar-refractivity contribution in [1.29, 1.82) is 0 Å². The molecule has 0 bridgehead atoms. The Morgan fingerprint density at radius 2 is 1.53 bits per heavy atom. The topological polar surface area (TPSA) is 77.8 Å². The van der Waals surface area contributed by atoms with Crippen LogP contribution in [0.1, 0.15) is 106 Å². The van der Waals surface area contributed by atoms with Crippen LogP contribution in [0.2, 0.25) is 0 Å². The van der Waals surface area contributed by atoms with E-state index >= 15 is 0 Å². The van der Waals surface area contributed by atoms with Crippen LogP contribution in [0.3, 0.4) is 0 Å². The molecule has 3 N–H and O–H groups in total. The molecule has 0 amide bonds. The van der Waals surface area contributed by atoms with Gasteiger partial charge in [0, 0.05) is 0 Å². The number of rotatable bonds is 1. The number of carboxylic acids is 1. The smallest absolute Gasteiger partial charge is 0.312 e. The highest BCUT2D eigenvalue weighted by atomic mass is 16.4. The Balaban J connectivity index is 1.63. The van der Waals surface area contributed by atoms with Crippen molar-refractivity contribution in [2.24, 2.45) is 50.2 Å². The van der Waals surface area contributed by atoms with E-state index < -0.39 is 17.5 Å². The Bertz CT molecular complexity index is 919. The average molecular weight is 473 g/mol. The predicted molar refractivity (Wildman–Crippen MR) is 134 cm³/mol. The van der Waals surface area contributed by atoms with Crippen LogP contribution in [0, 0.1) is 50.2 Å². The SMILES string of the molecule is CC1(C)CC[C@]2(C(=O)O)[C@@H](O)C[C@]3(C)C(=CC[C@@H]4[C@]5(C)CC[C@H](O)C(C)(C)[C@@H]5CC[C@@]43C)[C@@H]2C1. The minimum atomic E-state index is -1.04. The first kappa shape index (κ1) is 24.8. The molecule has 0 aromatic carbocycles. The summed E-state index contributed by atoms with van der Waals surface area (Å²) in [5.41, 5.74) is 0.295. The predicted octanol–water partition coefficient (Wildman–Crippen LogP) is 6.20. The Morgan fingerprint density at radius 3 is 2.18 bits per heavy atom. The van der Waals surface area contributed by atoms with Crippen LogP contribution in [0.25, 0.3) is 0 Å². The van der Waals surface area contributed by atoms with Gasteiger partial charge in [0.05, 0.1) is 12.2 Å². The zero-order valence-electron chi connectivity index (χ0n) is 22.6. The molecule has 4 heteroatoms. The lowest BCUT2D eigenvalue weighted by atomic mass is 9.33. The fraction of sp³-hybridized carbons (Fsp3) is 0.900. The van der Waals surface area contributed by atoms with Crippen LogP contribution in [0.15, 0.2) is 11.6 Å². The number of aliphatic hydroxyl groups excluding tert-OH is 2. The van der Waals surface area contributed by atoms with Gasteiger partial charge in [-0.05, 0) is 103 Å². The lowest BCUT2D eigenvalue weighted by molar-refractivity contribution is -0.218. The normalized spacial score (nSPS) is 53.4. The molecule has 0 aromatic rings. The first-order chi connectivity index (χ1) is 15.6. The van der Waals surface area contributed by atoms with E-state index in [1.807, 2.05) is 0 Å². The molecule has 0 saturated heterocycles. The number of carbonyl (C=O) groups is 1. The molecule has 4 fully saturated rings. The lowest BCUT2D eigenvalue weighted by Crippen LogP contribution is -2.67. The molecule has 9 atom stereocenters. The van der Waals surface area contributed by atoms with E-state index in [-0.39, 0.29) is 39.1 Å². The molecule has 0 aromatic heterocycles. The van der Waals surface area contributed by atoms with Crippen LogP contribution in [-0.4, -0.2) is 33.5 Å². The van der Waals surface area contributed by atoms with Crippen molar-refractivity contribution >= 4 is 5.97 Å². The summed E-state index contributed by atoms with van der Waals surface area (Å²) in [6, 6.07) is 0. The summed E-state index contributed by atoms with van der Waals surface area (Å²) >= 11 is 0. The van der Waals surface area contributed by atoms with Crippen molar-refractivity contribution in [3.63, 3.8) is 0 Å². The first-order valence-electron chi connectivity index (χ1n) is 13.9. The second-order valence-corrected chi connectivity index (χ2v) is 15.2. The van der Waals surface area contributed by atoms with Gasteiger partial charge in [0.15, 0.2) is 0 Å². The third kappa shape index (κ3) is 2.82.